The lowest BCUT2D eigenvalue weighted by atomic mass is 10.2. The van der Waals surface area contributed by atoms with Gasteiger partial charge in [-0.25, -0.2) is 16.8 Å². The van der Waals surface area contributed by atoms with Crippen molar-refractivity contribution in [2.75, 3.05) is 50.0 Å². The van der Waals surface area contributed by atoms with Gasteiger partial charge in [-0.1, -0.05) is 17.7 Å². The first-order valence-corrected chi connectivity index (χ1v) is 14.9. The minimum atomic E-state index is -3.78. The highest BCUT2D eigenvalue weighted by Gasteiger charge is 2.30. The van der Waals surface area contributed by atoms with E-state index in [4.69, 9.17) is 21.1 Å². The zero-order valence-electron chi connectivity index (χ0n) is 20.3. The largest absolute Gasteiger partial charge is 0.492 e. The van der Waals surface area contributed by atoms with Crippen molar-refractivity contribution in [1.29, 1.82) is 0 Å². The first-order valence-electron chi connectivity index (χ1n) is 11.3. The van der Waals surface area contributed by atoms with E-state index in [2.05, 4.69) is 5.32 Å². The molecule has 198 valence electrons. The number of hydrogen-bond donors (Lipinski definition) is 1. The molecule has 1 N–H and O–H groups in total. The van der Waals surface area contributed by atoms with Crippen LogP contribution in [-0.2, 0) is 29.6 Å². The summed E-state index contributed by atoms with van der Waals surface area (Å²) in [6, 6.07) is 9.85. The van der Waals surface area contributed by atoms with Crippen LogP contribution in [-0.4, -0.2) is 78.8 Å². The van der Waals surface area contributed by atoms with Gasteiger partial charge in [-0.3, -0.25) is 9.10 Å². The highest BCUT2D eigenvalue weighted by molar-refractivity contribution is 7.92. The molecule has 0 aromatic heterocycles. The zero-order chi connectivity index (χ0) is 26.5. The number of rotatable bonds is 10. The van der Waals surface area contributed by atoms with Crippen LogP contribution in [0.3, 0.4) is 0 Å². The van der Waals surface area contributed by atoms with Crippen LogP contribution in [0.15, 0.2) is 47.4 Å². The molecule has 2 aromatic carbocycles. The van der Waals surface area contributed by atoms with Crippen molar-refractivity contribution in [3.8, 4) is 5.75 Å². The average molecular weight is 560 g/mol. The number of morpholine rings is 1. The SMILES string of the molecule is Cc1ccc(Cl)cc1N([C@@H](C)C(=O)NCCOc1ccc(S(=O)(=O)N2CCOCC2)cc1)S(C)(=O)=O. The summed E-state index contributed by atoms with van der Waals surface area (Å²) in [6.45, 7) is 4.80. The van der Waals surface area contributed by atoms with Crippen LogP contribution >= 0.6 is 11.6 Å². The predicted molar refractivity (Wildman–Crippen MR) is 137 cm³/mol. The maximum Gasteiger partial charge on any atom is 0.243 e. The molecular weight excluding hydrogens is 530 g/mol. The summed E-state index contributed by atoms with van der Waals surface area (Å²) in [7, 11) is -7.37. The Morgan fingerprint density at radius 1 is 1.14 bits per heavy atom. The molecule has 2 aromatic rings. The van der Waals surface area contributed by atoms with Gasteiger partial charge >= 0.3 is 0 Å². The van der Waals surface area contributed by atoms with Crippen LogP contribution in [0, 0.1) is 6.92 Å². The number of carbonyl (C=O) groups is 1. The lowest BCUT2D eigenvalue weighted by Crippen LogP contribution is -2.48. The van der Waals surface area contributed by atoms with Gasteiger partial charge in [0.25, 0.3) is 0 Å². The number of benzene rings is 2. The smallest absolute Gasteiger partial charge is 0.243 e. The van der Waals surface area contributed by atoms with Crippen LogP contribution in [0.4, 0.5) is 5.69 Å². The van der Waals surface area contributed by atoms with E-state index in [1.54, 1.807) is 31.2 Å². The molecule has 0 bridgehead atoms. The molecule has 36 heavy (non-hydrogen) atoms. The summed E-state index contributed by atoms with van der Waals surface area (Å²) in [5.41, 5.74) is 0.989. The lowest BCUT2D eigenvalue weighted by molar-refractivity contribution is -0.121. The Balaban J connectivity index is 1.56. The summed E-state index contributed by atoms with van der Waals surface area (Å²) in [4.78, 5) is 12.9. The molecule has 3 rings (SSSR count). The summed E-state index contributed by atoms with van der Waals surface area (Å²) in [5, 5.41) is 3.03. The molecule has 10 nitrogen and oxygen atoms in total. The van der Waals surface area contributed by atoms with E-state index in [1.165, 1.54) is 29.4 Å². The van der Waals surface area contributed by atoms with Gasteiger partial charge in [0.15, 0.2) is 0 Å². The Kier molecular flexibility index (Phi) is 9.23. The van der Waals surface area contributed by atoms with E-state index in [0.29, 0.717) is 48.3 Å². The molecule has 1 heterocycles. The van der Waals surface area contributed by atoms with Crippen LogP contribution < -0.4 is 14.4 Å². The number of nitrogens with zero attached hydrogens (tertiary/aromatic N) is 2. The third kappa shape index (κ3) is 6.88. The van der Waals surface area contributed by atoms with E-state index in [0.717, 1.165) is 10.6 Å². The number of ether oxygens (including phenoxy) is 2. The number of amides is 1. The Labute approximate surface area is 217 Å². The average Bonchev–Trinajstić information content (AvgIpc) is 2.84. The highest BCUT2D eigenvalue weighted by Crippen LogP contribution is 2.28. The van der Waals surface area contributed by atoms with E-state index >= 15 is 0 Å². The Hall–Kier alpha value is -2.38. The fourth-order valence-corrected chi connectivity index (χ4v) is 6.53. The highest BCUT2D eigenvalue weighted by atomic mass is 35.5. The first kappa shape index (κ1) is 28.2. The van der Waals surface area contributed by atoms with Crippen LogP contribution in [0.25, 0.3) is 0 Å². The third-order valence-corrected chi connectivity index (χ3v) is 8.97. The summed E-state index contributed by atoms with van der Waals surface area (Å²) in [5.74, 6) is -0.0686. The Morgan fingerprint density at radius 3 is 2.39 bits per heavy atom. The van der Waals surface area contributed by atoms with Gasteiger partial charge in [0.05, 0.1) is 36.6 Å². The molecule has 1 saturated heterocycles. The fraction of sp³-hybridized carbons (Fsp3) is 0.435. The Bertz CT molecular complexity index is 1280. The maximum atomic E-state index is 12.7. The number of nitrogens with one attached hydrogen (secondary N) is 1. The van der Waals surface area contributed by atoms with Gasteiger partial charge in [-0.15, -0.1) is 0 Å². The minimum Gasteiger partial charge on any atom is -0.492 e. The number of sulfonamides is 2. The van der Waals surface area contributed by atoms with Gasteiger partial charge in [0.2, 0.25) is 26.0 Å². The summed E-state index contributed by atoms with van der Waals surface area (Å²) in [6.07, 6.45) is 1.03. The second-order valence-electron chi connectivity index (χ2n) is 8.29. The van der Waals surface area contributed by atoms with Gasteiger partial charge in [-0.2, -0.15) is 4.31 Å². The summed E-state index contributed by atoms with van der Waals surface area (Å²) < 4.78 is 63.6. The Morgan fingerprint density at radius 2 is 1.78 bits per heavy atom. The predicted octanol–water partition coefficient (Wildman–Crippen LogP) is 2.02. The van der Waals surface area contributed by atoms with Crippen molar-refractivity contribution in [2.24, 2.45) is 0 Å². The lowest BCUT2D eigenvalue weighted by Gasteiger charge is -2.29. The molecule has 1 atom stereocenters. The van der Waals surface area contributed by atoms with Gasteiger partial charge < -0.3 is 14.8 Å². The topological polar surface area (TPSA) is 122 Å². The monoisotopic (exact) mass is 559 g/mol. The zero-order valence-corrected chi connectivity index (χ0v) is 22.7. The van der Waals surface area contributed by atoms with E-state index in [1.807, 2.05) is 0 Å². The van der Waals surface area contributed by atoms with Gasteiger partial charge in [0.1, 0.15) is 18.4 Å². The van der Waals surface area contributed by atoms with Crippen LogP contribution in [0.5, 0.6) is 5.75 Å². The van der Waals surface area contributed by atoms with Crippen molar-refractivity contribution in [1.82, 2.24) is 9.62 Å². The number of carbonyl (C=O) groups excluding carboxylic acids is 1. The van der Waals surface area contributed by atoms with Crippen molar-refractivity contribution >= 4 is 43.2 Å². The molecule has 1 aliphatic rings. The van der Waals surface area contributed by atoms with Crippen molar-refractivity contribution in [3.05, 3.63) is 53.1 Å². The second-order valence-corrected chi connectivity index (χ2v) is 12.5. The normalized spacial score (nSPS) is 15.8. The minimum absolute atomic E-state index is 0.100. The van der Waals surface area contributed by atoms with Crippen molar-refractivity contribution in [2.45, 2.75) is 24.8 Å². The first-order chi connectivity index (χ1) is 16.9. The molecule has 1 aliphatic heterocycles. The van der Waals surface area contributed by atoms with Crippen molar-refractivity contribution in [3.63, 3.8) is 0 Å². The molecule has 13 heteroatoms. The molecule has 0 spiro atoms. The molecule has 0 aliphatic carbocycles. The molecule has 0 unspecified atom stereocenters. The van der Waals surface area contributed by atoms with Crippen LogP contribution in [0.2, 0.25) is 5.02 Å². The number of hydrogen-bond acceptors (Lipinski definition) is 7. The van der Waals surface area contributed by atoms with Gasteiger partial charge in [0, 0.05) is 18.1 Å². The quantitative estimate of drug-likeness (QED) is 0.442. The molecule has 0 saturated carbocycles. The third-order valence-electron chi connectivity index (χ3n) is 5.60. The van der Waals surface area contributed by atoms with Crippen LogP contribution in [0.1, 0.15) is 12.5 Å². The van der Waals surface area contributed by atoms with E-state index < -0.39 is 32.0 Å². The molecule has 1 fully saturated rings. The standard InChI is InChI=1S/C23H30ClN3O7S2/c1-17-4-5-19(24)16-22(17)27(35(3,29)30)18(2)23(28)25-10-13-34-20-6-8-21(9-7-20)36(31,32)26-11-14-33-15-12-26/h4-9,16,18H,10-15H2,1-3H3,(H,25,28)/t18-/m0/s1. The molecule has 0 radical (unpaired) electrons. The molecular formula is C23H30ClN3O7S2. The maximum absolute atomic E-state index is 12.7. The van der Waals surface area contributed by atoms with Crippen molar-refractivity contribution < 1.29 is 31.1 Å². The van der Waals surface area contributed by atoms with E-state index in [9.17, 15) is 21.6 Å². The molecule has 1 amide bonds. The number of anilines is 1. The van der Waals surface area contributed by atoms with Gasteiger partial charge in [-0.05, 0) is 55.8 Å². The number of halogens is 1. The second kappa shape index (κ2) is 11.8. The fourth-order valence-electron chi connectivity index (χ4n) is 3.74. The van der Waals surface area contributed by atoms with E-state index in [-0.39, 0.29) is 18.0 Å². The number of aryl methyl sites for hydroxylation is 1. The summed E-state index contributed by atoms with van der Waals surface area (Å²) >= 11 is 6.05.